The van der Waals surface area contributed by atoms with Crippen LogP contribution in [0.15, 0.2) is 45.3 Å². The lowest BCUT2D eigenvalue weighted by Gasteiger charge is -2.18. The zero-order valence-electron chi connectivity index (χ0n) is 10.7. The summed E-state index contributed by atoms with van der Waals surface area (Å²) in [5, 5.41) is 3.67. The normalized spacial score (nSPS) is 17.3. The number of anilines is 1. The van der Waals surface area contributed by atoms with E-state index in [2.05, 4.69) is 80.5 Å². The average molecular weight is 381 g/mol. The van der Waals surface area contributed by atoms with Gasteiger partial charge in [-0.15, -0.1) is 0 Å². The number of fused-ring (bicyclic) bond motifs is 1. The summed E-state index contributed by atoms with van der Waals surface area (Å²) in [7, 11) is 0. The van der Waals surface area contributed by atoms with Gasteiger partial charge in [0.2, 0.25) is 0 Å². The van der Waals surface area contributed by atoms with Crippen LogP contribution in [0, 0.1) is 6.92 Å². The van der Waals surface area contributed by atoms with Crippen LogP contribution in [0.25, 0.3) is 0 Å². The highest BCUT2D eigenvalue weighted by molar-refractivity contribution is 9.11. The molecular weight excluding hydrogens is 366 g/mol. The monoisotopic (exact) mass is 379 g/mol. The molecule has 3 rings (SSSR count). The van der Waals surface area contributed by atoms with Gasteiger partial charge in [0, 0.05) is 8.95 Å². The van der Waals surface area contributed by atoms with Gasteiger partial charge in [-0.2, -0.15) is 0 Å². The molecular formula is C16H15Br2N. The fourth-order valence-electron chi connectivity index (χ4n) is 2.72. The van der Waals surface area contributed by atoms with Crippen molar-refractivity contribution in [1.82, 2.24) is 0 Å². The van der Waals surface area contributed by atoms with E-state index in [9.17, 15) is 0 Å². The van der Waals surface area contributed by atoms with Crippen molar-refractivity contribution in [3.05, 3.63) is 62.0 Å². The first-order valence-electron chi connectivity index (χ1n) is 6.45. The van der Waals surface area contributed by atoms with Crippen molar-refractivity contribution in [3.63, 3.8) is 0 Å². The van der Waals surface area contributed by atoms with Crippen molar-refractivity contribution in [2.45, 2.75) is 25.8 Å². The smallest absolute Gasteiger partial charge is 0.0634 e. The van der Waals surface area contributed by atoms with E-state index in [0.29, 0.717) is 6.04 Å². The van der Waals surface area contributed by atoms with Crippen LogP contribution in [0.4, 0.5) is 5.69 Å². The fraction of sp³-hybridized carbons (Fsp3) is 0.250. The molecule has 0 saturated carbocycles. The number of benzene rings is 2. The van der Waals surface area contributed by atoms with Gasteiger partial charge in [-0.1, -0.05) is 24.3 Å². The Balaban J connectivity index is 1.92. The minimum absolute atomic E-state index is 0.409. The molecule has 3 heteroatoms. The van der Waals surface area contributed by atoms with Crippen molar-refractivity contribution in [2.24, 2.45) is 0 Å². The van der Waals surface area contributed by atoms with E-state index in [0.717, 1.165) is 27.5 Å². The van der Waals surface area contributed by atoms with Crippen LogP contribution in [0.3, 0.4) is 0 Å². The van der Waals surface area contributed by atoms with E-state index in [-0.39, 0.29) is 0 Å². The van der Waals surface area contributed by atoms with Gasteiger partial charge >= 0.3 is 0 Å². The maximum Gasteiger partial charge on any atom is 0.0634 e. The molecule has 0 saturated heterocycles. The van der Waals surface area contributed by atoms with E-state index in [4.69, 9.17) is 0 Å². The molecule has 1 unspecified atom stereocenters. The number of rotatable bonds is 2. The predicted octanol–water partition coefficient (Wildman–Crippen LogP) is 5.62. The highest BCUT2D eigenvalue weighted by Gasteiger charge is 2.22. The molecule has 0 bridgehead atoms. The summed E-state index contributed by atoms with van der Waals surface area (Å²) in [6.07, 6.45) is 2.32. The van der Waals surface area contributed by atoms with Gasteiger partial charge in [-0.05, 0) is 80.4 Å². The summed E-state index contributed by atoms with van der Waals surface area (Å²) in [4.78, 5) is 0. The second-order valence-electron chi connectivity index (χ2n) is 5.04. The molecule has 0 spiro atoms. The second kappa shape index (κ2) is 5.29. The van der Waals surface area contributed by atoms with Crippen LogP contribution in [0.2, 0.25) is 0 Å². The maximum atomic E-state index is 3.67. The van der Waals surface area contributed by atoms with E-state index in [1.54, 1.807) is 0 Å². The Morgan fingerprint density at radius 1 is 1.11 bits per heavy atom. The predicted molar refractivity (Wildman–Crippen MR) is 87.7 cm³/mol. The fourth-order valence-corrected chi connectivity index (χ4v) is 4.36. The molecule has 2 aromatic rings. The first-order valence-corrected chi connectivity index (χ1v) is 8.04. The summed E-state index contributed by atoms with van der Waals surface area (Å²) in [5.74, 6) is 0. The van der Waals surface area contributed by atoms with Gasteiger partial charge in [0.05, 0.1) is 11.7 Å². The first-order chi connectivity index (χ1) is 9.15. The molecule has 1 nitrogen and oxygen atoms in total. The van der Waals surface area contributed by atoms with Gasteiger partial charge in [0.25, 0.3) is 0 Å². The van der Waals surface area contributed by atoms with Gasteiger partial charge in [-0.3, -0.25) is 0 Å². The standard InChI is InChI=1S/C16H15Br2N/c1-10-8-13(17)16(14(18)9-10)19-15-7-6-11-4-2-3-5-12(11)15/h2-5,8-9,15,19H,6-7H2,1H3. The zero-order chi connectivity index (χ0) is 13.4. The van der Waals surface area contributed by atoms with Gasteiger partial charge in [0.1, 0.15) is 0 Å². The van der Waals surface area contributed by atoms with Crippen LogP contribution < -0.4 is 5.32 Å². The molecule has 1 aliphatic rings. The average Bonchev–Trinajstić information content (AvgIpc) is 2.77. The molecule has 1 N–H and O–H groups in total. The Hall–Kier alpha value is -0.800. The zero-order valence-corrected chi connectivity index (χ0v) is 13.9. The lowest BCUT2D eigenvalue weighted by Crippen LogP contribution is -2.08. The molecule has 1 atom stereocenters. The van der Waals surface area contributed by atoms with E-state index >= 15 is 0 Å². The highest BCUT2D eigenvalue weighted by atomic mass is 79.9. The Morgan fingerprint density at radius 3 is 2.53 bits per heavy atom. The molecule has 0 aliphatic heterocycles. The Labute approximate surface area is 130 Å². The number of hydrogen-bond acceptors (Lipinski definition) is 1. The van der Waals surface area contributed by atoms with E-state index in [1.807, 2.05) is 0 Å². The third-order valence-corrected chi connectivity index (χ3v) is 4.89. The Morgan fingerprint density at radius 2 is 1.79 bits per heavy atom. The van der Waals surface area contributed by atoms with Crippen LogP contribution in [-0.2, 0) is 6.42 Å². The van der Waals surface area contributed by atoms with Crippen molar-refractivity contribution in [1.29, 1.82) is 0 Å². The largest absolute Gasteiger partial charge is 0.376 e. The lowest BCUT2D eigenvalue weighted by molar-refractivity contribution is 0.761. The minimum Gasteiger partial charge on any atom is -0.376 e. The molecule has 1 aliphatic carbocycles. The highest BCUT2D eigenvalue weighted by Crippen LogP contribution is 2.39. The first kappa shape index (κ1) is 13.2. The van der Waals surface area contributed by atoms with Crippen LogP contribution in [-0.4, -0.2) is 0 Å². The molecule has 19 heavy (non-hydrogen) atoms. The SMILES string of the molecule is Cc1cc(Br)c(NC2CCc3ccccc32)c(Br)c1. The van der Waals surface area contributed by atoms with Crippen molar-refractivity contribution < 1.29 is 0 Å². The summed E-state index contributed by atoms with van der Waals surface area (Å²) < 4.78 is 2.23. The summed E-state index contributed by atoms with van der Waals surface area (Å²) in [6.45, 7) is 2.10. The summed E-state index contributed by atoms with van der Waals surface area (Å²) >= 11 is 7.31. The van der Waals surface area contributed by atoms with Crippen LogP contribution in [0.1, 0.15) is 29.2 Å². The minimum atomic E-state index is 0.409. The number of nitrogens with one attached hydrogen (secondary N) is 1. The molecule has 0 amide bonds. The third-order valence-electron chi connectivity index (χ3n) is 3.64. The lowest BCUT2D eigenvalue weighted by atomic mass is 10.1. The van der Waals surface area contributed by atoms with Crippen LogP contribution in [0.5, 0.6) is 0 Å². The second-order valence-corrected chi connectivity index (χ2v) is 6.75. The molecule has 0 aromatic heterocycles. The summed E-state index contributed by atoms with van der Waals surface area (Å²) in [5.41, 5.74) is 5.30. The van der Waals surface area contributed by atoms with Gasteiger partial charge in [0.15, 0.2) is 0 Å². The summed E-state index contributed by atoms with van der Waals surface area (Å²) in [6, 6.07) is 13.4. The number of hydrogen-bond donors (Lipinski definition) is 1. The van der Waals surface area contributed by atoms with E-state index < -0.39 is 0 Å². The Bertz CT molecular complexity index is 599. The maximum absolute atomic E-state index is 3.67. The van der Waals surface area contributed by atoms with Gasteiger partial charge < -0.3 is 5.32 Å². The molecule has 0 radical (unpaired) electrons. The quantitative estimate of drug-likeness (QED) is 0.712. The molecule has 98 valence electrons. The topological polar surface area (TPSA) is 12.0 Å². The van der Waals surface area contributed by atoms with Crippen LogP contribution >= 0.6 is 31.9 Å². The number of aryl methyl sites for hydroxylation is 2. The molecule has 0 heterocycles. The number of halogens is 2. The van der Waals surface area contributed by atoms with Crippen molar-refractivity contribution in [3.8, 4) is 0 Å². The molecule has 0 fully saturated rings. The van der Waals surface area contributed by atoms with E-state index in [1.165, 1.54) is 16.7 Å². The van der Waals surface area contributed by atoms with Gasteiger partial charge in [-0.25, -0.2) is 0 Å². The van der Waals surface area contributed by atoms with Crippen molar-refractivity contribution in [2.75, 3.05) is 5.32 Å². The van der Waals surface area contributed by atoms with Crippen molar-refractivity contribution >= 4 is 37.5 Å². The molecule has 2 aromatic carbocycles. The Kier molecular flexibility index (Phi) is 3.68. The third kappa shape index (κ3) is 2.59.